The highest BCUT2D eigenvalue weighted by Gasteiger charge is 2.37. The van der Waals surface area contributed by atoms with Crippen LogP contribution in [0.3, 0.4) is 0 Å². The number of piperidine rings is 1. The van der Waals surface area contributed by atoms with Crippen LogP contribution in [0.1, 0.15) is 31.7 Å². The molecule has 0 bridgehead atoms. The first-order valence-corrected chi connectivity index (χ1v) is 10.5. The molecule has 158 valence electrons. The van der Waals surface area contributed by atoms with Gasteiger partial charge in [-0.05, 0) is 44.0 Å². The minimum atomic E-state index is -0.532. The number of hydrogen-bond donors (Lipinski definition) is 2. The van der Waals surface area contributed by atoms with E-state index in [1.165, 1.54) is 0 Å². The molecule has 2 N–H and O–H groups in total. The number of anilines is 1. The minimum Gasteiger partial charge on any atom is -0.367 e. The quantitative estimate of drug-likeness (QED) is 0.785. The Labute approximate surface area is 175 Å². The van der Waals surface area contributed by atoms with Gasteiger partial charge in [0.25, 0.3) is 0 Å². The smallest absolute Gasteiger partial charge is 0.220 e. The number of hydrogen-bond acceptors (Lipinski definition) is 6. The summed E-state index contributed by atoms with van der Waals surface area (Å²) < 4.78 is 13.7. The maximum absolute atomic E-state index is 13.7. The molecule has 0 aliphatic carbocycles. The normalized spacial score (nSPS) is 23.3. The van der Waals surface area contributed by atoms with E-state index in [1.807, 2.05) is 6.07 Å². The van der Waals surface area contributed by atoms with Crippen LogP contribution in [0.4, 0.5) is 10.1 Å². The molecule has 2 aromatic rings. The number of amides is 1. The van der Waals surface area contributed by atoms with Crippen molar-refractivity contribution in [2.75, 3.05) is 37.8 Å². The van der Waals surface area contributed by atoms with Crippen molar-refractivity contribution in [2.45, 2.75) is 32.2 Å². The van der Waals surface area contributed by atoms with E-state index in [2.05, 4.69) is 38.5 Å². The van der Waals surface area contributed by atoms with Crippen molar-refractivity contribution in [2.24, 2.45) is 11.3 Å². The van der Waals surface area contributed by atoms with Crippen LogP contribution in [0, 0.1) is 22.7 Å². The standard InChI is InChI=1S/C22H27FN6O/c1-15-12-29(18-3-2-16(11-24)20-21(18)27-9-8-26-20)13-17(15)28-19(30)10-22(14-23)4-6-25-7-5-22/h2-3,8-9,15,17,25H,4-7,10,12-14H2,1H3,(H,28,30). The highest BCUT2D eigenvalue weighted by molar-refractivity contribution is 5.92. The van der Waals surface area contributed by atoms with Crippen LogP contribution < -0.4 is 15.5 Å². The number of benzene rings is 1. The zero-order valence-electron chi connectivity index (χ0n) is 17.2. The second kappa shape index (κ2) is 8.52. The number of aromatic nitrogens is 2. The van der Waals surface area contributed by atoms with Gasteiger partial charge < -0.3 is 15.5 Å². The van der Waals surface area contributed by atoms with Gasteiger partial charge in [0.15, 0.2) is 0 Å². The molecular weight excluding hydrogens is 383 g/mol. The lowest BCUT2D eigenvalue weighted by molar-refractivity contribution is -0.125. The number of halogens is 1. The number of carbonyl (C=O) groups is 1. The first-order valence-electron chi connectivity index (χ1n) is 10.5. The van der Waals surface area contributed by atoms with E-state index in [1.54, 1.807) is 18.5 Å². The second-order valence-electron chi connectivity index (χ2n) is 8.61. The summed E-state index contributed by atoms with van der Waals surface area (Å²) in [6.07, 6.45) is 4.84. The molecule has 0 radical (unpaired) electrons. The number of alkyl halides is 1. The van der Waals surface area contributed by atoms with Crippen LogP contribution in [0.15, 0.2) is 24.5 Å². The van der Waals surface area contributed by atoms with E-state index in [-0.39, 0.29) is 24.3 Å². The predicted molar refractivity (Wildman–Crippen MR) is 113 cm³/mol. The third-order valence-corrected chi connectivity index (χ3v) is 6.51. The topological polar surface area (TPSA) is 93.9 Å². The van der Waals surface area contributed by atoms with Crippen LogP contribution in [0.25, 0.3) is 11.0 Å². The molecule has 2 aliphatic heterocycles. The highest BCUT2D eigenvalue weighted by atomic mass is 19.1. The minimum absolute atomic E-state index is 0.0155. The molecular formula is C22H27FN6O. The Kier molecular flexibility index (Phi) is 5.82. The third-order valence-electron chi connectivity index (χ3n) is 6.51. The van der Waals surface area contributed by atoms with Crippen molar-refractivity contribution < 1.29 is 9.18 Å². The third kappa shape index (κ3) is 3.94. The van der Waals surface area contributed by atoms with Crippen molar-refractivity contribution in [3.05, 3.63) is 30.1 Å². The molecule has 1 amide bonds. The van der Waals surface area contributed by atoms with Gasteiger partial charge in [0.1, 0.15) is 17.1 Å². The van der Waals surface area contributed by atoms with Gasteiger partial charge in [-0.3, -0.25) is 19.2 Å². The SMILES string of the molecule is CC1CN(c2ccc(C#N)c3nccnc23)CC1NC(=O)CC1(CF)CCNCC1. The lowest BCUT2D eigenvalue weighted by atomic mass is 9.77. The molecule has 3 heterocycles. The summed E-state index contributed by atoms with van der Waals surface area (Å²) in [7, 11) is 0. The van der Waals surface area contributed by atoms with Crippen molar-refractivity contribution in [1.29, 1.82) is 5.26 Å². The summed E-state index contributed by atoms with van der Waals surface area (Å²) in [5.41, 5.74) is 2.17. The predicted octanol–water partition coefficient (Wildman–Crippen LogP) is 2.17. The van der Waals surface area contributed by atoms with Gasteiger partial charge in [-0.2, -0.15) is 5.26 Å². The molecule has 4 rings (SSSR count). The van der Waals surface area contributed by atoms with E-state index in [4.69, 9.17) is 0 Å². The summed E-state index contributed by atoms with van der Waals surface area (Å²) in [5.74, 6) is 0.170. The molecule has 30 heavy (non-hydrogen) atoms. The lowest BCUT2D eigenvalue weighted by Gasteiger charge is -2.35. The van der Waals surface area contributed by atoms with Crippen LogP contribution in [-0.4, -0.2) is 54.8 Å². The van der Waals surface area contributed by atoms with Gasteiger partial charge in [-0.25, -0.2) is 0 Å². The molecule has 2 saturated heterocycles. The molecule has 1 aromatic heterocycles. The Morgan fingerprint density at radius 3 is 2.73 bits per heavy atom. The number of rotatable bonds is 5. The Morgan fingerprint density at radius 1 is 1.30 bits per heavy atom. The van der Waals surface area contributed by atoms with Crippen LogP contribution in [0.5, 0.6) is 0 Å². The van der Waals surface area contributed by atoms with Crippen LogP contribution in [-0.2, 0) is 4.79 Å². The van der Waals surface area contributed by atoms with E-state index in [0.29, 0.717) is 36.0 Å². The fourth-order valence-corrected chi connectivity index (χ4v) is 4.65. The Balaban J connectivity index is 1.47. The summed E-state index contributed by atoms with van der Waals surface area (Å²) in [6.45, 7) is 4.59. The molecule has 2 unspecified atom stereocenters. The molecule has 8 heteroatoms. The van der Waals surface area contributed by atoms with Gasteiger partial charge in [-0.15, -0.1) is 0 Å². The molecule has 2 atom stereocenters. The molecule has 0 spiro atoms. The lowest BCUT2D eigenvalue weighted by Crippen LogP contribution is -2.45. The first-order chi connectivity index (χ1) is 14.5. The molecule has 0 saturated carbocycles. The average Bonchev–Trinajstić information content (AvgIpc) is 3.13. The van der Waals surface area contributed by atoms with Gasteiger partial charge in [0.2, 0.25) is 5.91 Å². The van der Waals surface area contributed by atoms with E-state index >= 15 is 0 Å². The molecule has 7 nitrogen and oxygen atoms in total. The van der Waals surface area contributed by atoms with E-state index in [0.717, 1.165) is 25.3 Å². The number of carbonyl (C=O) groups excluding carboxylic acids is 1. The zero-order chi connectivity index (χ0) is 21.1. The first kappa shape index (κ1) is 20.5. The van der Waals surface area contributed by atoms with Crippen molar-refractivity contribution in [3.63, 3.8) is 0 Å². The molecule has 2 aliphatic rings. The van der Waals surface area contributed by atoms with Gasteiger partial charge in [-0.1, -0.05) is 6.92 Å². The fraction of sp³-hybridized carbons (Fsp3) is 0.545. The molecule has 2 fully saturated rings. The van der Waals surface area contributed by atoms with Crippen molar-refractivity contribution in [3.8, 4) is 6.07 Å². The molecule has 1 aromatic carbocycles. The fourth-order valence-electron chi connectivity index (χ4n) is 4.65. The van der Waals surface area contributed by atoms with Crippen LogP contribution in [0.2, 0.25) is 0 Å². The highest BCUT2D eigenvalue weighted by Crippen LogP contribution is 2.34. The zero-order valence-corrected chi connectivity index (χ0v) is 17.2. The average molecular weight is 410 g/mol. The Morgan fingerprint density at radius 2 is 2.03 bits per heavy atom. The Bertz CT molecular complexity index is 968. The van der Waals surface area contributed by atoms with Crippen molar-refractivity contribution in [1.82, 2.24) is 20.6 Å². The van der Waals surface area contributed by atoms with Crippen LogP contribution >= 0.6 is 0 Å². The summed E-state index contributed by atoms with van der Waals surface area (Å²) >= 11 is 0. The van der Waals surface area contributed by atoms with E-state index in [9.17, 15) is 14.4 Å². The summed E-state index contributed by atoms with van der Waals surface area (Å²) in [4.78, 5) is 23.7. The van der Waals surface area contributed by atoms with Gasteiger partial charge in [0.05, 0.1) is 24.0 Å². The van der Waals surface area contributed by atoms with Crippen molar-refractivity contribution >= 4 is 22.6 Å². The number of nitriles is 1. The largest absolute Gasteiger partial charge is 0.367 e. The Hall–Kier alpha value is -2.79. The number of nitrogens with one attached hydrogen (secondary N) is 2. The monoisotopic (exact) mass is 410 g/mol. The summed E-state index contributed by atoms with van der Waals surface area (Å²) in [6, 6.07) is 5.82. The van der Waals surface area contributed by atoms with Gasteiger partial charge in [0, 0.05) is 37.3 Å². The van der Waals surface area contributed by atoms with Gasteiger partial charge >= 0.3 is 0 Å². The van der Waals surface area contributed by atoms with E-state index < -0.39 is 12.1 Å². The number of nitrogens with zero attached hydrogens (tertiary/aromatic N) is 4. The number of fused-ring (bicyclic) bond motifs is 1. The summed E-state index contributed by atoms with van der Waals surface area (Å²) in [5, 5.41) is 15.7. The maximum Gasteiger partial charge on any atom is 0.220 e. The maximum atomic E-state index is 13.7. The second-order valence-corrected chi connectivity index (χ2v) is 8.61.